The number of aliphatic hydroxyl groups is 1. The third-order valence-electron chi connectivity index (χ3n) is 5.41. The Labute approximate surface area is 172 Å². The Morgan fingerprint density at radius 3 is 1.86 bits per heavy atom. The van der Waals surface area contributed by atoms with E-state index in [0.29, 0.717) is 13.0 Å². The van der Waals surface area contributed by atoms with E-state index in [1.807, 2.05) is 34.9 Å². The minimum atomic E-state index is -0.545. The summed E-state index contributed by atoms with van der Waals surface area (Å²) >= 11 is 0. The second-order valence-corrected chi connectivity index (χ2v) is 7.40. The highest BCUT2D eigenvalue weighted by Gasteiger charge is 2.19. The topological polar surface area (TPSA) is 38.1 Å². The molecule has 4 rings (SSSR count). The fraction of sp³-hybridized carbons (Fsp3) is 0.192. The van der Waals surface area contributed by atoms with Crippen molar-refractivity contribution in [3.8, 4) is 0 Å². The van der Waals surface area contributed by atoms with E-state index in [1.54, 1.807) is 12.5 Å². The van der Waals surface area contributed by atoms with Crippen LogP contribution in [0.4, 0.5) is 0 Å². The molecule has 1 heterocycles. The highest BCUT2D eigenvalue weighted by Crippen LogP contribution is 2.32. The molecule has 3 nitrogen and oxygen atoms in total. The van der Waals surface area contributed by atoms with Crippen molar-refractivity contribution >= 4 is 0 Å². The summed E-state index contributed by atoms with van der Waals surface area (Å²) < 4.78 is 2.04. The normalized spacial score (nSPS) is 12.2. The van der Waals surface area contributed by atoms with Crippen LogP contribution in [0.15, 0.2) is 104 Å². The third-order valence-corrected chi connectivity index (χ3v) is 5.41. The van der Waals surface area contributed by atoms with E-state index < -0.39 is 6.10 Å². The average Bonchev–Trinajstić information content (AvgIpc) is 3.24. The molecule has 1 unspecified atom stereocenters. The standard InChI is InChI=1S/C26H26N2O/c29-26(25-18-27-20-28(25)19-21-10-4-1-5-11-21)17-16-24(22-12-6-2-7-13-22)23-14-8-3-9-15-23/h1-15,18,20,24,26,29H,16-17,19H2. The van der Waals surface area contributed by atoms with Crippen molar-refractivity contribution in [1.82, 2.24) is 9.55 Å². The molecule has 0 amide bonds. The molecule has 4 aromatic rings. The molecule has 3 aromatic carbocycles. The van der Waals surface area contributed by atoms with Crippen molar-refractivity contribution in [2.24, 2.45) is 0 Å². The summed E-state index contributed by atoms with van der Waals surface area (Å²) in [6, 6.07) is 31.4. The van der Waals surface area contributed by atoms with Gasteiger partial charge in [0.1, 0.15) is 0 Å². The Bertz CT molecular complexity index is 957. The summed E-state index contributed by atoms with van der Waals surface area (Å²) in [5, 5.41) is 11.0. The van der Waals surface area contributed by atoms with Gasteiger partial charge in [0.15, 0.2) is 0 Å². The van der Waals surface area contributed by atoms with Gasteiger partial charge in [0.05, 0.1) is 24.3 Å². The van der Waals surface area contributed by atoms with E-state index in [9.17, 15) is 5.11 Å². The molecule has 0 aliphatic rings. The van der Waals surface area contributed by atoms with Crippen molar-refractivity contribution in [3.63, 3.8) is 0 Å². The molecule has 0 radical (unpaired) electrons. The zero-order valence-electron chi connectivity index (χ0n) is 16.4. The third kappa shape index (κ3) is 4.82. The molecular weight excluding hydrogens is 356 g/mol. The van der Waals surface area contributed by atoms with E-state index >= 15 is 0 Å². The van der Waals surface area contributed by atoms with Crippen LogP contribution in [0.5, 0.6) is 0 Å². The van der Waals surface area contributed by atoms with Crippen LogP contribution in [0.25, 0.3) is 0 Å². The summed E-state index contributed by atoms with van der Waals surface area (Å²) in [5.74, 6) is 0.262. The van der Waals surface area contributed by atoms with Gasteiger partial charge in [-0.1, -0.05) is 91.0 Å². The fourth-order valence-corrected chi connectivity index (χ4v) is 3.89. The van der Waals surface area contributed by atoms with E-state index in [-0.39, 0.29) is 5.92 Å². The molecule has 0 aliphatic carbocycles. The maximum atomic E-state index is 11.0. The second-order valence-electron chi connectivity index (χ2n) is 7.40. The summed E-state index contributed by atoms with van der Waals surface area (Å²) in [6.45, 7) is 0.716. The minimum Gasteiger partial charge on any atom is -0.387 e. The predicted octanol–water partition coefficient (Wildman–Crippen LogP) is 5.58. The first-order chi connectivity index (χ1) is 14.3. The molecular formula is C26H26N2O. The maximum absolute atomic E-state index is 11.0. The average molecular weight is 383 g/mol. The molecule has 146 valence electrons. The largest absolute Gasteiger partial charge is 0.387 e. The number of hydrogen-bond acceptors (Lipinski definition) is 2. The highest BCUT2D eigenvalue weighted by molar-refractivity contribution is 5.32. The van der Waals surface area contributed by atoms with Gasteiger partial charge in [-0.2, -0.15) is 0 Å². The van der Waals surface area contributed by atoms with E-state index in [1.165, 1.54) is 16.7 Å². The Morgan fingerprint density at radius 1 is 0.724 bits per heavy atom. The molecule has 29 heavy (non-hydrogen) atoms. The van der Waals surface area contributed by atoms with Crippen LogP contribution in [0.1, 0.15) is 47.2 Å². The van der Waals surface area contributed by atoms with Gasteiger partial charge in [0.25, 0.3) is 0 Å². The van der Waals surface area contributed by atoms with Crippen molar-refractivity contribution < 1.29 is 5.11 Å². The van der Waals surface area contributed by atoms with Crippen molar-refractivity contribution in [2.75, 3.05) is 0 Å². The molecule has 1 N–H and O–H groups in total. The van der Waals surface area contributed by atoms with Gasteiger partial charge >= 0.3 is 0 Å². The predicted molar refractivity (Wildman–Crippen MR) is 117 cm³/mol. The highest BCUT2D eigenvalue weighted by atomic mass is 16.3. The lowest BCUT2D eigenvalue weighted by Gasteiger charge is -2.20. The van der Waals surface area contributed by atoms with Crippen LogP contribution >= 0.6 is 0 Å². The van der Waals surface area contributed by atoms with Crippen LogP contribution in [0.3, 0.4) is 0 Å². The van der Waals surface area contributed by atoms with Gasteiger partial charge in [-0.15, -0.1) is 0 Å². The van der Waals surface area contributed by atoms with Gasteiger partial charge in [0.2, 0.25) is 0 Å². The van der Waals surface area contributed by atoms with Gasteiger partial charge < -0.3 is 9.67 Å². The van der Waals surface area contributed by atoms with Gasteiger partial charge in [-0.3, -0.25) is 0 Å². The molecule has 0 saturated carbocycles. The van der Waals surface area contributed by atoms with E-state index in [2.05, 4.69) is 65.6 Å². The fourth-order valence-electron chi connectivity index (χ4n) is 3.89. The number of aliphatic hydroxyl groups excluding tert-OH is 1. The van der Waals surface area contributed by atoms with Gasteiger partial charge in [-0.05, 0) is 29.5 Å². The summed E-state index contributed by atoms with van der Waals surface area (Å²) in [6.07, 6.45) is 4.59. The molecule has 0 saturated heterocycles. The van der Waals surface area contributed by atoms with E-state index in [4.69, 9.17) is 0 Å². The van der Waals surface area contributed by atoms with Crippen LogP contribution in [-0.4, -0.2) is 14.7 Å². The zero-order valence-corrected chi connectivity index (χ0v) is 16.4. The van der Waals surface area contributed by atoms with Crippen molar-refractivity contribution in [2.45, 2.75) is 31.4 Å². The smallest absolute Gasteiger partial charge is 0.0956 e. The van der Waals surface area contributed by atoms with Crippen LogP contribution < -0.4 is 0 Å². The number of nitrogens with zero attached hydrogens (tertiary/aromatic N) is 2. The van der Waals surface area contributed by atoms with Crippen LogP contribution in [0.2, 0.25) is 0 Å². The molecule has 1 atom stereocenters. The van der Waals surface area contributed by atoms with E-state index in [0.717, 1.165) is 12.1 Å². The Morgan fingerprint density at radius 2 is 1.28 bits per heavy atom. The van der Waals surface area contributed by atoms with Crippen LogP contribution in [0, 0.1) is 0 Å². The summed E-state index contributed by atoms with van der Waals surface area (Å²) in [7, 11) is 0. The summed E-state index contributed by atoms with van der Waals surface area (Å²) in [4.78, 5) is 4.29. The number of rotatable bonds is 8. The Hall–Kier alpha value is -3.17. The second kappa shape index (κ2) is 9.35. The van der Waals surface area contributed by atoms with Gasteiger partial charge in [0, 0.05) is 12.5 Å². The lowest BCUT2D eigenvalue weighted by atomic mass is 9.86. The molecule has 0 aliphatic heterocycles. The maximum Gasteiger partial charge on any atom is 0.0956 e. The van der Waals surface area contributed by atoms with Crippen molar-refractivity contribution in [3.05, 3.63) is 126 Å². The molecule has 0 spiro atoms. The molecule has 1 aromatic heterocycles. The molecule has 0 fully saturated rings. The van der Waals surface area contributed by atoms with Crippen LogP contribution in [-0.2, 0) is 6.54 Å². The lowest BCUT2D eigenvalue weighted by Crippen LogP contribution is -2.10. The first-order valence-corrected chi connectivity index (χ1v) is 10.1. The minimum absolute atomic E-state index is 0.262. The SMILES string of the molecule is OC(CCC(c1ccccc1)c1ccccc1)c1cncn1Cc1ccccc1. The van der Waals surface area contributed by atoms with Gasteiger partial charge in [-0.25, -0.2) is 4.98 Å². The Kier molecular flexibility index (Phi) is 6.18. The number of imidazole rings is 1. The lowest BCUT2D eigenvalue weighted by molar-refractivity contribution is 0.154. The first-order valence-electron chi connectivity index (χ1n) is 10.1. The monoisotopic (exact) mass is 382 g/mol. The number of aromatic nitrogens is 2. The number of benzene rings is 3. The quantitative estimate of drug-likeness (QED) is 0.432. The number of hydrogen-bond donors (Lipinski definition) is 1. The molecule has 0 bridgehead atoms. The van der Waals surface area contributed by atoms with Crippen molar-refractivity contribution in [1.29, 1.82) is 0 Å². The molecule has 3 heteroatoms. The first kappa shape index (κ1) is 19.2. The zero-order chi connectivity index (χ0) is 19.9. The summed E-state index contributed by atoms with van der Waals surface area (Å²) in [5.41, 5.74) is 4.63. The Balaban J connectivity index is 1.49.